The van der Waals surface area contributed by atoms with Gasteiger partial charge in [0.15, 0.2) is 5.82 Å². The fourth-order valence-corrected chi connectivity index (χ4v) is 6.86. The van der Waals surface area contributed by atoms with Crippen LogP contribution >= 0.6 is 11.3 Å². The largest absolute Gasteiger partial charge is 0.378 e. The number of anilines is 1. The number of halogens is 1. The van der Waals surface area contributed by atoms with Crippen LogP contribution in [0.25, 0.3) is 27.3 Å². The number of amides is 1. The van der Waals surface area contributed by atoms with Crippen LogP contribution in [0.3, 0.4) is 0 Å². The van der Waals surface area contributed by atoms with Gasteiger partial charge in [-0.25, -0.2) is 14.1 Å². The van der Waals surface area contributed by atoms with Crippen molar-refractivity contribution in [2.24, 2.45) is 0 Å². The van der Waals surface area contributed by atoms with Crippen LogP contribution in [0.5, 0.6) is 0 Å². The number of alkyl halides is 1. The summed E-state index contributed by atoms with van der Waals surface area (Å²) in [4.78, 5) is 25.2. The molecule has 0 aliphatic carbocycles. The van der Waals surface area contributed by atoms with Crippen LogP contribution in [0, 0.1) is 6.92 Å². The van der Waals surface area contributed by atoms with E-state index < -0.39 is 6.17 Å². The molecule has 0 N–H and O–H groups in total. The summed E-state index contributed by atoms with van der Waals surface area (Å²) in [6.07, 6.45) is 2.03. The topological polar surface area (TPSA) is 66.7 Å². The number of ether oxygens (including phenoxy) is 1. The van der Waals surface area contributed by atoms with E-state index in [1.54, 1.807) is 9.58 Å². The molecule has 3 aromatic heterocycles. The first-order chi connectivity index (χ1) is 19.0. The molecule has 0 radical (unpaired) electrons. The van der Waals surface area contributed by atoms with Gasteiger partial charge in [0.1, 0.15) is 6.17 Å². The number of thiophene rings is 1. The average Bonchev–Trinajstić information content (AvgIpc) is 3.66. The molecule has 0 saturated carbocycles. The van der Waals surface area contributed by atoms with Crippen molar-refractivity contribution in [3.8, 4) is 17.1 Å². The lowest BCUT2D eigenvalue weighted by atomic mass is 10.1. The first kappa shape index (κ1) is 24.7. The molecule has 202 valence electrons. The maximum atomic E-state index is 14.8. The lowest BCUT2D eigenvalue weighted by molar-refractivity contribution is 0.0738. The van der Waals surface area contributed by atoms with Crippen LogP contribution in [0.15, 0.2) is 48.7 Å². The molecule has 4 aromatic rings. The van der Waals surface area contributed by atoms with Crippen LogP contribution in [0.4, 0.5) is 10.1 Å². The van der Waals surface area contributed by atoms with Crippen molar-refractivity contribution < 1.29 is 13.9 Å². The van der Waals surface area contributed by atoms with Gasteiger partial charge < -0.3 is 14.5 Å². The second-order valence-electron chi connectivity index (χ2n) is 10.6. The van der Waals surface area contributed by atoms with Gasteiger partial charge >= 0.3 is 0 Å². The molecule has 3 saturated heterocycles. The molecule has 2 unspecified atom stereocenters. The molecule has 3 aliphatic heterocycles. The minimum absolute atomic E-state index is 0.112. The molecule has 0 bridgehead atoms. The van der Waals surface area contributed by atoms with Crippen molar-refractivity contribution in [3.05, 3.63) is 59.1 Å². The van der Waals surface area contributed by atoms with E-state index in [9.17, 15) is 9.18 Å². The monoisotopic (exact) mass is 546 g/mol. The van der Waals surface area contributed by atoms with E-state index in [0.717, 1.165) is 59.8 Å². The average molecular weight is 547 g/mol. The number of benzene rings is 1. The molecule has 1 amide bonds. The summed E-state index contributed by atoms with van der Waals surface area (Å²) in [6, 6.07) is 14.0. The molecule has 3 aliphatic rings. The zero-order chi connectivity index (χ0) is 26.5. The van der Waals surface area contributed by atoms with E-state index in [4.69, 9.17) is 14.8 Å². The van der Waals surface area contributed by atoms with Crippen LogP contribution in [-0.4, -0.2) is 95.2 Å². The summed E-state index contributed by atoms with van der Waals surface area (Å²) in [7, 11) is 0. The van der Waals surface area contributed by atoms with Crippen molar-refractivity contribution in [1.82, 2.24) is 24.6 Å². The van der Waals surface area contributed by atoms with E-state index in [0.29, 0.717) is 30.5 Å². The molecule has 0 spiro atoms. The molecule has 39 heavy (non-hydrogen) atoms. The summed E-state index contributed by atoms with van der Waals surface area (Å²) in [6.45, 7) is 7.34. The standard InChI is InChI=1S/C29H31FN6O2S/c1-19-4-2-5-20(14-19)22-6-9-36(32-22)27-16-24(34-10-12-38-13-11-34)28-23(31-27)15-26(39-28)29(37)35-17-21(30)25(18-35)33-7-3-8-33/h2,4-6,9,14-16,21,25H,3,7-8,10-13,17-18H2,1H3. The third-order valence-corrected chi connectivity index (χ3v) is 9.15. The van der Waals surface area contributed by atoms with Gasteiger partial charge in [-0.15, -0.1) is 11.3 Å². The van der Waals surface area contributed by atoms with E-state index in [2.05, 4.69) is 41.0 Å². The minimum Gasteiger partial charge on any atom is -0.378 e. The van der Waals surface area contributed by atoms with Gasteiger partial charge in [-0.05, 0) is 44.6 Å². The quantitative estimate of drug-likeness (QED) is 0.375. The first-order valence-corrected chi connectivity index (χ1v) is 14.4. The molecule has 6 heterocycles. The minimum atomic E-state index is -1.00. The summed E-state index contributed by atoms with van der Waals surface area (Å²) in [5, 5.41) is 4.83. The van der Waals surface area contributed by atoms with E-state index in [-0.39, 0.29) is 18.5 Å². The molecule has 3 fully saturated rings. The molecular weight excluding hydrogens is 515 g/mol. The fraction of sp³-hybridized carbons (Fsp3) is 0.414. The second kappa shape index (κ2) is 10.0. The van der Waals surface area contributed by atoms with Gasteiger partial charge in [0.25, 0.3) is 5.91 Å². The van der Waals surface area contributed by atoms with E-state index in [1.165, 1.54) is 16.9 Å². The Morgan fingerprint density at radius 3 is 2.69 bits per heavy atom. The van der Waals surface area contributed by atoms with Crippen LogP contribution < -0.4 is 4.90 Å². The van der Waals surface area contributed by atoms with Gasteiger partial charge in [0, 0.05) is 37.5 Å². The number of rotatable bonds is 5. The van der Waals surface area contributed by atoms with Gasteiger partial charge in [-0.2, -0.15) is 5.10 Å². The maximum absolute atomic E-state index is 14.8. The Morgan fingerprint density at radius 1 is 1.08 bits per heavy atom. The third kappa shape index (κ3) is 4.60. The highest BCUT2D eigenvalue weighted by Gasteiger charge is 2.41. The van der Waals surface area contributed by atoms with E-state index >= 15 is 0 Å². The highest BCUT2D eigenvalue weighted by atomic mass is 32.1. The predicted octanol–water partition coefficient (Wildman–Crippen LogP) is 4.16. The number of carbonyl (C=O) groups is 1. The van der Waals surface area contributed by atoms with Gasteiger partial charge in [0.2, 0.25) is 0 Å². The molecule has 8 nitrogen and oxygen atoms in total. The Bertz CT molecular complexity index is 1530. The highest BCUT2D eigenvalue weighted by molar-refractivity contribution is 7.21. The van der Waals surface area contributed by atoms with Crippen molar-refractivity contribution >= 4 is 33.1 Å². The van der Waals surface area contributed by atoms with Gasteiger partial charge in [-0.1, -0.05) is 23.8 Å². The van der Waals surface area contributed by atoms with Crippen LogP contribution in [-0.2, 0) is 4.74 Å². The Balaban J connectivity index is 1.24. The Morgan fingerprint density at radius 2 is 1.92 bits per heavy atom. The Labute approximate surface area is 230 Å². The van der Waals surface area contributed by atoms with Gasteiger partial charge in [0.05, 0.1) is 52.3 Å². The molecule has 2 atom stereocenters. The summed E-state index contributed by atoms with van der Waals surface area (Å²) < 4.78 is 23.2. The fourth-order valence-electron chi connectivity index (χ4n) is 5.75. The smallest absolute Gasteiger partial charge is 0.264 e. The van der Waals surface area contributed by atoms with E-state index in [1.807, 2.05) is 24.4 Å². The number of fused-ring (bicyclic) bond motifs is 1. The molecule has 7 rings (SSSR count). The highest BCUT2D eigenvalue weighted by Crippen LogP contribution is 2.37. The first-order valence-electron chi connectivity index (χ1n) is 13.6. The number of likely N-dealkylation sites (tertiary alicyclic amines) is 2. The van der Waals surface area contributed by atoms with Crippen molar-refractivity contribution in [2.75, 3.05) is 57.4 Å². The summed E-state index contributed by atoms with van der Waals surface area (Å²) in [5.74, 6) is 0.585. The zero-order valence-corrected chi connectivity index (χ0v) is 22.7. The van der Waals surface area contributed by atoms with Crippen LogP contribution in [0.2, 0.25) is 0 Å². The number of nitrogens with zero attached hydrogens (tertiary/aromatic N) is 6. The number of pyridine rings is 1. The Hall–Kier alpha value is -3.34. The maximum Gasteiger partial charge on any atom is 0.264 e. The lowest BCUT2D eigenvalue weighted by Crippen LogP contribution is -2.49. The Kier molecular flexibility index (Phi) is 6.33. The number of hydrogen-bond donors (Lipinski definition) is 0. The van der Waals surface area contributed by atoms with Crippen molar-refractivity contribution in [3.63, 3.8) is 0 Å². The summed E-state index contributed by atoms with van der Waals surface area (Å²) >= 11 is 1.45. The van der Waals surface area contributed by atoms with Crippen molar-refractivity contribution in [2.45, 2.75) is 25.6 Å². The lowest BCUT2D eigenvalue weighted by Gasteiger charge is -2.36. The number of carbonyl (C=O) groups excluding carboxylic acids is 1. The SMILES string of the molecule is Cc1cccc(-c2ccn(-c3cc(N4CCOCC4)c4sc(C(=O)N5CC(F)C(N6CCC6)C5)cc4n3)n2)c1. The van der Waals surface area contributed by atoms with Crippen LogP contribution in [0.1, 0.15) is 21.7 Å². The summed E-state index contributed by atoms with van der Waals surface area (Å²) in [5.41, 5.74) is 4.89. The normalized spacial score (nSPS) is 22.0. The third-order valence-electron chi connectivity index (χ3n) is 8.01. The molecule has 10 heteroatoms. The number of hydrogen-bond acceptors (Lipinski definition) is 7. The molecular formula is C29H31FN6O2S. The second-order valence-corrected chi connectivity index (χ2v) is 11.7. The predicted molar refractivity (Wildman–Crippen MR) is 151 cm³/mol. The molecule has 1 aromatic carbocycles. The number of aryl methyl sites for hydroxylation is 1. The van der Waals surface area contributed by atoms with Crippen molar-refractivity contribution in [1.29, 1.82) is 0 Å². The zero-order valence-electron chi connectivity index (χ0n) is 21.9. The number of aromatic nitrogens is 3. The number of morpholine rings is 1. The van der Waals surface area contributed by atoms with Gasteiger partial charge in [-0.3, -0.25) is 9.69 Å².